The van der Waals surface area contributed by atoms with Gasteiger partial charge in [-0.25, -0.2) is 4.98 Å². The molecular weight excluding hydrogens is 501 g/mol. The predicted octanol–water partition coefficient (Wildman–Crippen LogP) is 6.41. The zero-order chi connectivity index (χ0) is 23.5. The van der Waals surface area contributed by atoms with Crippen LogP contribution in [0.1, 0.15) is 10.4 Å². The molecule has 0 fully saturated rings. The molecule has 1 amide bonds. The highest BCUT2D eigenvalue weighted by molar-refractivity contribution is 7.80. The SMILES string of the molecule is COc1cccc(OC)c1C(=O)NC(=S)Nc1c(Cl)cc(Cl)cc1-c1nc2ccccc2s1. The number of hydrogen-bond acceptors (Lipinski definition) is 6. The summed E-state index contributed by atoms with van der Waals surface area (Å²) in [6, 6.07) is 16.2. The number of ether oxygens (including phenoxy) is 2. The highest BCUT2D eigenvalue weighted by atomic mass is 35.5. The summed E-state index contributed by atoms with van der Waals surface area (Å²) in [4.78, 5) is 17.6. The van der Waals surface area contributed by atoms with E-state index in [1.807, 2.05) is 24.3 Å². The van der Waals surface area contributed by atoms with Gasteiger partial charge < -0.3 is 14.8 Å². The van der Waals surface area contributed by atoms with Crippen molar-refractivity contribution < 1.29 is 14.3 Å². The summed E-state index contributed by atoms with van der Waals surface area (Å²) in [6.07, 6.45) is 0. The standard InChI is InChI=1S/C23H17Cl2N3O3S2/c1-30-16-7-5-8-17(31-2)19(16)21(29)28-23(32)27-20-13(10-12(24)11-14(20)25)22-26-15-6-3-4-9-18(15)33-22/h3-11H,1-2H3,(H2,27,28,29,32). The van der Waals surface area contributed by atoms with E-state index in [2.05, 4.69) is 15.6 Å². The van der Waals surface area contributed by atoms with E-state index < -0.39 is 5.91 Å². The molecule has 0 aliphatic heterocycles. The van der Waals surface area contributed by atoms with Gasteiger partial charge in [0.25, 0.3) is 5.91 Å². The van der Waals surface area contributed by atoms with E-state index in [1.165, 1.54) is 25.6 Å². The summed E-state index contributed by atoms with van der Waals surface area (Å²) in [5.41, 5.74) is 2.23. The third-order valence-corrected chi connectivity index (χ3v) is 6.49. The van der Waals surface area contributed by atoms with Crippen LogP contribution in [0.5, 0.6) is 11.5 Å². The Labute approximate surface area is 209 Å². The van der Waals surface area contributed by atoms with E-state index in [1.54, 1.807) is 30.3 Å². The van der Waals surface area contributed by atoms with E-state index >= 15 is 0 Å². The third-order valence-electron chi connectivity index (χ3n) is 4.70. The van der Waals surface area contributed by atoms with Gasteiger partial charge in [-0.15, -0.1) is 11.3 Å². The number of thiazole rings is 1. The number of nitrogens with one attached hydrogen (secondary N) is 2. The van der Waals surface area contributed by atoms with Gasteiger partial charge in [0, 0.05) is 10.6 Å². The summed E-state index contributed by atoms with van der Waals surface area (Å²) in [5.74, 6) is 0.220. The smallest absolute Gasteiger partial charge is 0.264 e. The molecular formula is C23H17Cl2N3O3S2. The number of anilines is 1. The van der Waals surface area contributed by atoms with Gasteiger partial charge in [0.2, 0.25) is 0 Å². The lowest BCUT2D eigenvalue weighted by molar-refractivity contribution is 0.0971. The molecule has 0 atom stereocenters. The van der Waals surface area contributed by atoms with Gasteiger partial charge in [-0.3, -0.25) is 10.1 Å². The minimum absolute atomic E-state index is 0.0412. The van der Waals surface area contributed by atoms with Crippen molar-refractivity contribution in [3.8, 4) is 22.1 Å². The second-order valence-electron chi connectivity index (χ2n) is 6.74. The van der Waals surface area contributed by atoms with Crippen LogP contribution in [-0.4, -0.2) is 30.2 Å². The minimum atomic E-state index is -0.492. The van der Waals surface area contributed by atoms with Crippen molar-refractivity contribution in [2.75, 3.05) is 19.5 Å². The zero-order valence-electron chi connectivity index (χ0n) is 17.4. The quantitative estimate of drug-likeness (QED) is 0.298. The first-order chi connectivity index (χ1) is 15.9. The van der Waals surface area contributed by atoms with Crippen molar-refractivity contribution in [2.45, 2.75) is 0 Å². The van der Waals surface area contributed by atoms with Crippen LogP contribution < -0.4 is 20.1 Å². The normalized spacial score (nSPS) is 10.7. The number of nitrogens with zero attached hydrogens (tertiary/aromatic N) is 1. The molecule has 4 aromatic rings. The lowest BCUT2D eigenvalue weighted by Crippen LogP contribution is -2.34. The molecule has 0 radical (unpaired) electrons. The number of thiocarbonyl (C=S) groups is 1. The molecule has 0 saturated carbocycles. The fourth-order valence-corrected chi connectivity index (χ4v) is 4.97. The van der Waals surface area contributed by atoms with E-state index in [0.29, 0.717) is 37.8 Å². The number of halogens is 2. The Balaban J connectivity index is 1.65. The maximum Gasteiger partial charge on any atom is 0.264 e. The molecule has 0 aliphatic rings. The fourth-order valence-electron chi connectivity index (χ4n) is 3.24. The highest BCUT2D eigenvalue weighted by Crippen LogP contribution is 2.40. The average Bonchev–Trinajstić information content (AvgIpc) is 3.24. The Morgan fingerprint density at radius 1 is 1.03 bits per heavy atom. The minimum Gasteiger partial charge on any atom is -0.496 e. The van der Waals surface area contributed by atoms with Crippen molar-refractivity contribution in [3.63, 3.8) is 0 Å². The second-order valence-corrected chi connectivity index (χ2v) is 9.03. The van der Waals surface area contributed by atoms with Gasteiger partial charge in [-0.05, 0) is 48.6 Å². The summed E-state index contributed by atoms with van der Waals surface area (Å²) in [5, 5.41) is 7.21. The largest absolute Gasteiger partial charge is 0.496 e. The van der Waals surface area contributed by atoms with Gasteiger partial charge in [0.15, 0.2) is 5.11 Å². The van der Waals surface area contributed by atoms with E-state index in [9.17, 15) is 4.79 Å². The first kappa shape index (κ1) is 23.3. The number of rotatable bonds is 5. The monoisotopic (exact) mass is 517 g/mol. The van der Waals surface area contributed by atoms with Crippen LogP contribution in [-0.2, 0) is 0 Å². The van der Waals surface area contributed by atoms with Gasteiger partial charge in [0.05, 0.1) is 35.1 Å². The molecule has 0 saturated heterocycles. The Hall–Kier alpha value is -2.91. The van der Waals surface area contributed by atoms with Crippen LogP contribution >= 0.6 is 46.8 Å². The van der Waals surface area contributed by atoms with Crippen LogP contribution in [0, 0.1) is 0 Å². The third kappa shape index (κ3) is 4.89. The van der Waals surface area contributed by atoms with Crippen molar-refractivity contribution in [3.05, 3.63) is 70.2 Å². The zero-order valence-corrected chi connectivity index (χ0v) is 20.6. The van der Waals surface area contributed by atoms with Crippen molar-refractivity contribution in [2.24, 2.45) is 0 Å². The van der Waals surface area contributed by atoms with Crippen LogP contribution in [0.15, 0.2) is 54.6 Å². The van der Waals surface area contributed by atoms with Crippen LogP contribution in [0.2, 0.25) is 10.0 Å². The molecule has 168 valence electrons. The second kappa shape index (κ2) is 9.93. The summed E-state index contributed by atoms with van der Waals surface area (Å²) in [6.45, 7) is 0. The van der Waals surface area contributed by atoms with Crippen LogP contribution in [0.4, 0.5) is 5.69 Å². The molecule has 10 heteroatoms. The summed E-state index contributed by atoms with van der Waals surface area (Å²) >= 11 is 19.7. The first-order valence-corrected chi connectivity index (χ1v) is 11.6. The summed E-state index contributed by atoms with van der Waals surface area (Å²) < 4.78 is 11.6. The van der Waals surface area contributed by atoms with Crippen molar-refractivity contribution in [1.29, 1.82) is 0 Å². The number of para-hydroxylation sites is 1. The number of amides is 1. The van der Waals surface area contributed by atoms with E-state index in [0.717, 1.165) is 10.2 Å². The number of benzene rings is 3. The van der Waals surface area contributed by atoms with Crippen LogP contribution in [0.25, 0.3) is 20.8 Å². The molecule has 3 aromatic carbocycles. The van der Waals surface area contributed by atoms with Gasteiger partial charge in [-0.2, -0.15) is 0 Å². The Morgan fingerprint density at radius 3 is 2.39 bits per heavy atom. The van der Waals surface area contributed by atoms with Crippen LogP contribution in [0.3, 0.4) is 0 Å². The molecule has 4 rings (SSSR count). The molecule has 6 nitrogen and oxygen atoms in total. The number of aromatic nitrogens is 1. The van der Waals surface area contributed by atoms with E-state index in [4.69, 9.17) is 44.9 Å². The average molecular weight is 518 g/mol. The lowest BCUT2D eigenvalue weighted by Gasteiger charge is -2.16. The Morgan fingerprint density at radius 2 is 1.73 bits per heavy atom. The number of fused-ring (bicyclic) bond motifs is 1. The fraction of sp³-hybridized carbons (Fsp3) is 0.0870. The van der Waals surface area contributed by atoms with Crippen molar-refractivity contribution in [1.82, 2.24) is 10.3 Å². The number of carbonyl (C=O) groups excluding carboxylic acids is 1. The molecule has 33 heavy (non-hydrogen) atoms. The maximum atomic E-state index is 13.0. The van der Waals surface area contributed by atoms with Gasteiger partial charge >= 0.3 is 0 Å². The van der Waals surface area contributed by atoms with Gasteiger partial charge in [-0.1, -0.05) is 41.4 Å². The Bertz CT molecular complexity index is 1320. The van der Waals surface area contributed by atoms with Gasteiger partial charge in [0.1, 0.15) is 22.1 Å². The number of methoxy groups -OCH3 is 2. The molecule has 2 N–H and O–H groups in total. The Kier molecular flexibility index (Phi) is 6.99. The molecule has 0 aliphatic carbocycles. The molecule has 0 spiro atoms. The lowest BCUT2D eigenvalue weighted by atomic mass is 10.1. The molecule has 0 unspecified atom stereocenters. The highest BCUT2D eigenvalue weighted by Gasteiger charge is 2.21. The summed E-state index contributed by atoms with van der Waals surface area (Å²) in [7, 11) is 2.94. The number of carbonyl (C=O) groups is 1. The van der Waals surface area contributed by atoms with Crippen molar-refractivity contribution >= 4 is 73.7 Å². The predicted molar refractivity (Wildman–Crippen MR) is 138 cm³/mol. The molecule has 1 heterocycles. The molecule has 0 bridgehead atoms. The first-order valence-electron chi connectivity index (χ1n) is 9.59. The molecule has 1 aromatic heterocycles. The maximum absolute atomic E-state index is 13.0. The topological polar surface area (TPSA) is 72.5 Å². The number of hydrogen-bond donors (Lipinski definition) is 2. The van der Waals surface area contributed by atoms with E-state index in [-0.39, 0.29) is 10.7 Å².